The fourth-order valence-corrected chi connectivity index (χ4v) is 8.62. The fraction of sp³-hybridized carbons (Fsp3) is 0.0870. The predicted octanol–water partition coefficient (Wildman–Crippen LogP) is 11.2. The molecular formula is C46H24BF20OP. The standard InChI is InChI=1S/C24BF20.C22H24OP/c26-5-1(6(27)14(35)21(42)13(5)34)25(2-7(28)15(36)22(43)16(37)8(2)29,3-9(30)17(38)23(44)18(39)10(3)31)4-11(32)19(40)24(45)20(41)12(4)33;24-23-18-10-17-22(19-11-4-1-5-12-19,20-13-6-2-7-14-20)21-15-8-3-9-16-21/h;1-9,11-16H,10,17-18H2,24H3/q-1;+1. The molecule has 1 unspecified atom stereocenters. The van der Waals surface area contributed by atoms with Crippen molar-refractivity contribution >= 4 is 37.5 Å². The molecule has 0 aliphatic rings. The molecule has 0 spiro atoms. The summed E-state index contributed by atoms with van der Waals surface area (Å²) < 4.78 is 299. The zero-order valence-electron chi connectivity index (χ0n) is 34.0. The van der Waals surface area contributed by atoms with Crippen LogP contribution in [0.2, 0.25) is 0 Å². The van der Waals surface area contributed by atoms with E-state index in [1.165, 1.54) is 16.7 Å². The molecule has 7 aromatic carbocycles. The van der Waals surface area contributed by atoms with Crippen LogP contribution in [0.3, 0.4) is 0 Å². The minimum Gasteiger partial charge on any atom is -0.246 e. The maximum atomic E-state index is 15.4. The van der Waals surface area contributed by atoms with Crippen LogP contribution in [-0.4, -0.2) is 12.8 Å². The van der Waals surface area contributed by atoms with Crippen LogP contribution >= 0.6 is 9.47 Å². The SMILES string of the molecule is Fc1c(F)c(F)c([B-](c2c(F)c(F)c(F)c(F)c2F)(c2c(F)c(F)c(F)c(F)c2F)c2c(F)c(F)c(F)c(F)c2F)c(F)c1F.[PH3+]OCCCC(c1ccccc1)(c1ccccc1)c1ccccc1. The molecule has 7 rings (SSSR count). The predicted molar refractivity (Wildman–Crippen MR) is 215 cm³/mol. The summed E-state index contributed by atoms with van der Waals surface area (Å²) >= 11 is 0. The smallest absolute Gasteiger partial charge is 0.200 e. The van der Waals surface area contributed by atoms with E-state index in [0.29, 0.717) is 0 Å². The minimum atomic E-state index is -7.22. The van der Waals surface area contributed by atoms with Gasteiger partial charge in [0.25, 0.3) is 0 Å². The molecule has 0 saturated carbocycles. The van der Waals surface area contributed by atoms with E-state index < -0.39 is 144 Å². The normalized spacial score (nSPS) is 11.8. The summed E-state index contributed by atoms with van der Waals surface area (Å²) in [6, 6.07) is 32.5. The van der Waals surface area contributed by atoms with Crippen molar-refractivity contribution in [2.45, 2.75) is 18.3 Å². The van der Waals surface area contributed by atoms with Crippen LogP contribution in [0.15, 0.2) is 91.0 Å². The second kappa shape index (κ2) is 20.3. The van der Waals surface area contributed by atoms with Crippen LogP contribution in [0.4, 0.5) is 87.8 Å². The van der Waals surface area contributed by atoms with Crippen LogP contribution in [-0.2, 0) is 9.94 Å². The Bertz CT molecular complexity index is 2590. The summed E-state index contributed by atoms with van der Waals surface area (Å²) in [5.41, 5.74) is -10.5. The number of hydrogen-bond acceptors (Lipinski definition) is 1. The van der Waals surface area contributed by atoms with Gasteiger partial charge in [0.2, 0.25) is 0 Å². The molecule has 0 aliphatic carbocycles. The maximum Gasteiger partial charge on any atom is 0.200 e. The van der Waals surface area contributed by atoms with Gasteiger partial charge in [-0.25, -0.2) is 92.3 Å². The van der Waals surface area contributed by atoms with Gasteiger partial charge >= 0.3 is 0 Å². The van der Waals surface area contributed by atoms with E-state index in [1.807, 2.05) is 0 Å². The summed E-state index contributed by atoms with van der Waals surface area (Å²) in [7, 11) is 1.58. The average molecular weight is 1010 g/mol. The lowest BCUT2D eigenvalue weighted by Crippen LogP contribution is -2.81. The molecule has 0 aliphatic heterocycles. The highest BCUT2D eigenvalue weighted by Gasteiger charge is 2.52. The summed E-state index contributed by atoms with van der Waals surface area (Å²) in [6.07, 6.45) is -5.18. The van der Waals surface area contributed by atoms with Gasteiger partial charge in [0.1, 0.15) is 62.2 Å². The van der Waals surface area contributed by atoms with Crippen LogP contribution in [0, 0.1) is 116 Å². The fourth-order valence-electron chi connectivity index (χ4n) is 8.41. The third-order valence-corrected chi connectivity index (χ3v) is 11.6. The first-order valence-corrected chi connectivity index (χ1v) is 19.9. The van der Waals surface area contributed by atoms with Crippen molar-refractivity contribution < 1.29 is 92.3 Å². The van der Waals surface area contributed by atoms with Gasteiger partial charge in [-0.2, -0.15) is 0 Å². The highest BCUT2D eigenvalue weighted by atomic mass is 31.0. The topological polar surface area (TPSA) is 9.23 Å². The van der Waals surface area contributed by atoms with Gasteiger partial charge in [-0.3, -0.25) is 0 Å². The van der Waals surface area contributed by atoms with E-state index in [0.717, 1.165) is 19.4 Å². The van der Waals surface area contributed by atoms with Crippen LogP contribution in [0.1, 0.15) is 29.5 Å². The summed E-state index contributed by atoms with van der Waals surface area (Å²) in [5, 5.41) is 0. The summed E-state index contributed by atoms with van der Waals surface area (Å²) in [4.78, 5) is 0. The van der Waals surface area contributed by atoms with Crippen molar-refractivity contribution in [1.82, 2.24) is 0 Å². The molecule has 0 fully saturated rings. The second-order valence-corrected chi connectivity index (χ2v) is 15.2. The minimum absolute atomic E-state index is 0.147. The third-order valence-electron chi connectivity index (χ3n) is 11.3. The van der Waals surface area contributed by atoms with E-state index in [2.05, 4.69) is 91.0 Å². The molecule has 0 radical (unpaired) electrons. The number of rotatable bonds is 11. The Balaban J connectivity index is 0.000000273. The molecule has 23 heteroatoms. The van der Waals surface area contributed by atoms with Gasteiger partial charge in [0.15, 0.2) is 69.8 Å². The Morgan fingerprint density at radius 2 is 0.493 bits per heavy atom. The van der Waals surface area contributed by atoms with E-state index in [4.69, 9.17) is 4.52 Å². The second-order valence-electron chi connectivity index (χ2n) is 14.8. The number of halogens is 20. The van der Waals surface area contributed by atoms with Crippen LogP contribution in [0.25, 0.3) is 0 Å². The molecule has 0 heterocycles. The summed E-state index contributed by atoms with van der Waals surface area (Å²) in [5.74, 6) is -71.4. The Kier molecular flexibility index (Phi) is 15.3. The van der Waals surface area contributed by atoms with E-state index in [-0.39, 0.29) is 5.41 Å². The van der Waals surface area contributed by atoms with Gasteiger partial charge in [-0.05, 0) is 29.5 Å². The van der Waals surface area contributed by atoms with Gasteiger partial charge < -0.3 is 0 Å². The first-order valence-electron chi connectivity index (χ1n) is 19.3. The lowest BCUT2D eigenvalue weighted by molar-refractivity contribution is 0.341. The molecule has 1 nitrogen and oxygen atoms in total. The molecule has 0 saturated heterocycles. The Labute approximate surface area is 378 Å². The molecule has 0 amide bonds. The molecule has 7 aromatic rings. The molecule has 1 atom stereocenters. The van der Waals surface area contributed by atoms with Crippen molar-refractivity contribution in [1.29, 1.82) is 0 Å². The molecule has 362 valence electrons. The Hall–Kier alpha value is -6.41. The van der Waals surface area contributed by atoms with E-state index in [9.17, 15) is 52.7 Å². The molecular weight excluding hydrogens is 990 g/mol. The number of hydrogen-bond donors (Lipinski definition) is 0. The summed E-state index contributed by atoms with van der Waals surface area (Å²) in [6.45, 7) is 0.784. The largest absolute Gasteiger partial charge is 0.246 e. The zero-order valence-corrected chi connectivity index (χ0v) is 35.4. The van der Waals surface area contributed by atoms with Crippen molar-refractivity contribution in [2.24, 2.45) is 0 Å². The average Bonchev–Trinajstić information content (AvgIpc) is 3.36. The van der Waals surface area contributed by atoms with Gasteiger partial charge in [0.05, 0.1) is 6.61 Å². The van der Waals surface area contributed by atoms with Crippen molar-refractivity contribution in [3.8, 4) is 0 Å². The highest BCUT2D eigenvalue weighted by molar-refractivity contribution is 7.20. The van der Waals surface area contributed by atoms with Gasteiger partial charge in [-0.1, -0.05) is 91.0 Å². The monoisotopic (exact) mass is 1010 g/mol. The quantitative estimate of drug-likeness (QED) is 0.0239. The third kappa shape index (κ3) is 8.38. The molecule has 0 N–H and O–H groups in total. The zero-order chi connectivity index (χ0) is 51.0. The molecule has 0 aromatic heterocycles. The van der Waals surface area contributed by atoms with Crippen molar-refractivity contribution in [2.75, 3.05) is 6.61 Å². The maximum absolute atomic E-state index is 15.4. The van der Waals surface area contributed by atoms with Crippen LogP contribution in [0.5, 0.6) is 0 Å². The Morgan fingerprint density at radius 1 is 0.304 bits per heavy atom. The first-order chi connectivity index (χ1) is 32.6. The van der Waals surface area contributed by atoms with Crippen LogP contribution < -0.4 is 21.9 Å². The lowest BCUT2D eigenvalue weighted by Gasteiger charge is -2.44. The number of benzene rings is 7. The van der Waals surface area contributed by atoms with Crippen molar-refractivity contribution in [3.63, 3.8) is 0 Å². The Morgan fingerprint density at radius 3 is 0.681 bits per heavy atom. The van der Waals surface area contributed by atoms with Gasteiger partial charge in [0, 0.05) is 5.41 Å². The first kappa shape index (κ1) is 52.0. The van der Waals surface area contributed by atoms with Gasteiger partial charge in [-0.15, -0.1) is 21.9 Å². The van der Waals surface area contributed by atoms with Crippen molar-refractivity contribution in [3.05, 3.63) is 224 Å². The molecule has 69 heavy (non-hydrogen) atoms. The highest BCUT2D eigenvalue weighted by Crippen LogP contribution is 2.43. The molecule has 0 bridgehead atoms. The van der Waals surface area contributed by atoms with E-state index >= 15 is 35.1 Å². The van der Waals surface area contributed by atoms with E-state index in [1.54, 1.807) is 9.47 Å². The lowest BCUT2D eigenvalue weighted by atomic mass is 9.12.